The van der Waals surface area contributed by atoms with E-state index < -0.39 is 0 Å². The number of amides is 1. The Morgan fingerprint density at radius 1 is 1.16 bits per heavy atom. The largest absolute Gasteiger partial charge is 0.351 e. The molecule has 1 N–H and O–H groups in total. The second-order valence-corrected chi connectivity index (χ2v) is 5.79. The van der Waals surface area contributed by atoms with E-state index in [0.29, 0.717) is 12.8 Å². The number of carbonyl (C=O) groups excluding carboxylic acids is 1. The number of pyridine rings is 1. The number of para-hydroxylation sites is 1. The van der Waals surface area contributed by atoms with Crippen molar-refractivity contribution in [2.45, 2.75) is 39.2 Å². The van der Waals surface area contributed by atoms with E-state index in [1.165, 1.54) is 0 Å². The number of fused-ring (bicyclic) bond motifs is 1. The predicted octanol–water partition coefficient (Wildman–Crippen LogP) is 3.08. The van der Waals surface area contributed by atoms with Gasteiger partial charge in [-0.3, -0.25) is 9.78 Å². The molecule has 1 amide bonds. The molecule has 0 unspecified atom stereocenters. The molecule has 0 atom stereocenters. The molecular weight excluding hydrogens is 236 g/mol. The molecule has 19 heavy (non-hydrogen) atoms. The maximum atomic E-state index is 11.8. The molecule has 2 rings (SSSR count). The van der Waals surface area contributed by atoms with Crippen LogP contribution < -0.4 is 5.32 Å². The molecule has 0 aliphatic carbocycles. The van der Waals surface area contributed by atoms with Gasteiger partial charge in [0.05, 0.1) is 5.52 Å². The number of carbonyl (C=O) groups is 1. The van der Waals surface area contributed by atoms with Crippen molar-refractivity contribution in [2.24, 2.45) is 0 Å². The van der Waals surface area contributed by atoms with Crippen LogP contribution in [0.5, 0.6) is 0 Å². The van der Waals surface area contributed by atoms with Crippen LogP contribution in [0.15, 0.2) is 36.4 Å². The lowest BCUT2D eigenvalue weighted by molar-refractivity contribution is -0.122. The summed E-state index contributed by atoms with van der Waals surface area (Å²) in [5.41, 5.74) is 1.77. The quantitative estimate of drug-likeness (QED) is 0.917. The summed E-state index contributed by atoms with van der Waals surface area (Å²) in [6, 6.07) is 12.1. The minimum Gasteiger partial charge on any atom is -0.351 e. The summed E-state index contributed by atoms with van der Waals surface area (Å²) in [6.07, 6.45) is 1.15. The van der Waals surface area contributed by atoms with Gasteiger partial charge in [0.2, 0.25) is 5.91 Å². The average Bonchev–Trinajstić information content (AvgIpc) is 2.34. The Kier molecular flexibility index (Phi) is 3.84. The van der Waals surface area contributed by atoms with Gasteiger partial charge >= 0.3 is 0 Å². The Hall–Kier alpha value is -1.90. The lowest BCUT2D eigenvalue weighted by Crippen LogP contribution is -2.40. The van der Waals surface area contributed by atoms with E-state index in [4.69, 9.17) is 0 Å². The molecule has 100 valence electrons. The van der Waals surface area contributed by atoms with Crippen LogP contribution in [0.4, 0.5) is 0 Å². The van der Waals surface area contributed by atoms with E-state index in [9.17, 15) is 4.79 Å². The van der Waals surface area contributed by atoms with Gasteiger partial charge in [-0.05, 0) is 39.3 Å². The number of hydrogen-bond acceptors (Lipinski definition) is 2. The first-order valence-corrected chi connectivity index (χ1v) is 6.60. The number of nitrogens with zero attached hydrogens (tertiary/aromatic N) is 1. The fraction of sp³-hybridized carbons (Fsp3) is 0.375. The van der Waals surface area contributed by atoms with Crippen molar-refractivity contribution in [3.63, 3.8) is 0 Å². The molecule has 2 aromatic rings. The van der Waals surface area contributed by atoms with Crippen LogP contribution >= 0.6 is 0 Å². The molecule has 0 fully saturated rings. The smallest absolute Gasteiger partial charge is 0.220 e. The normalized spacial score (nSPS) is 11.5. The molecule has 3 heteroatoms. The Bertz CT molecular complexity index is 585. The van der Waals surface area contributed by atoms with Gasteiger partial charge in [0, 0.05) is 23.0 Å². The van der Waals surface area contributed by atoms with Gasteiger partial charge in [-0.2, -0.15) is 0 Å². The molecule has 0 radical (unpaired) electrons. The Morgan fingerprint density at radius 2 is 1.89 bits per heavy atom. The van der Waals surface area contributed by atoms with E-state index in [0.717, 1.165) is 16.6 Å². The number of aryl methyl sites for hydroxylation is 1. The number of benzene rings is 1. The summed E-state index contributed by atoms with van der Waals surface area (Å²) in [5, 5.41) is 4.09. The first-order valence-electron chi connectivity index (χ1n) is 6.60. The van der Waals surface area contributed by atoms with Crippen molar-refractivity contribution in [1.29, 1.82) is 0 Å². The summed E-state index contributed by atoms with van der Waals surface area (Å²) in [6.45, 7) is 5.96. The first kappa shape index (κ1) is 13.5. The van der Waals surface area contributed by atoms with Crippen molar-refractivity contribution >= 4 is 16.8 Å². The molecule has 1 aromatic carbocycles. The summed E-state index contributed by atoms with van der Waals surface area (Å²) < 4.78 is 0. The third-order valence-electron chi connectivity index (χ3n) is 2.78. The molecule has 0 saturated carbocycles. The van der Waals surface area contributed by atoms with Crippen LogP contribution in [0.25, 0.3) is 10.9 Å². The number of aromatic nitrogens is 1. The SMILES string of the molecule is CC(C)(C)NC(=O)CCc1ccc2ccccc2n1. The maximum Gasteiger partial charge on any atom is 0.220 e. The van der Waals surface area contributed by atoms with Crippen molar-refractivity contribution in [3.05, 3.63) is 42.1 Å². The van der Waals surface area contributed by atoms with Gasteiger partial charge in [0.25, 0.3) is 0 Å². The van der Waals surface area contributed by atoms with Gasteiger partial charge < -0.3 is 5.32 Å². The Labute approximate surface area is 114 Å². The van der Waals surface area contributed by atoms with Crippen LogP contribution in [-0.4, -0.2) is 16.4 Å². The highest BCUT2D eigenvalue weighted by Crippen LogP contribution is 2.12. The van der Waals surface area contributed by atoms with E-state index in [1.807, 2.05) is 51.1 Å². The lowest BCUT2D eigenvalue weighted by atomic mass is 10.1. The molecule has 3 nitrogen and oxygen atoms in total. The second-order valence-electron chi connectivity index (χ2n) is 5.79. The standard InChI is InChI=1S/C16H20N2O/c1-16(2,3)18-15(19)11-10-13-9-8-12-6-4-5-7-14(12)17-13/h4-9H,10-11H2,1-3H3,(H,18,19). The van der Waals surface area contributed by atoms with Gasteiger partial charge in [-0.1, -0.05) is 24.3 Å². The Morgan fingerprint density at radius 3 is 2.63 bits per heavy atom. The molecule has 0 aliphatic rings. The van der Waals surface area contributed by atoms with Gasteiger partial charge in [0.15, 0.2) is 0 Å². The van der Waals surface area contributed by atoms with Crippen molar-refractivity contribution < 1.29 is 4.79 Å². The molecule has 0 aliphatic heterocycles. The lowest BCUT2D eigenvalue weighted by Gasteiger charge is -2.20. The van der Waals surface area contributed by atoms with Crippen LogP contribution in [-0.2, 0) is 11.2 Å². The van der Waals surface area contributed by atoms with Gasteiger partial charge in [-0.15, -0.1) is 0 Å². The van der Waals surface area contributed by atoms with Crippen molar-refractivity contribution in [3.8, 4) is 0 Å². The molecule has 0 saturated heterocycles. The predicted molar refractivity (Wildman–Crippen MR) is 78.0 cm³/mol. The summed E-state index contributed by atoms with van der Waals surface area (Å²) in [7, 11) is 0. The molecule has 1 heterocycles. The fourth-order valence-corrected chi connectivity index (χ4v) is 1.97. The molecule has 1 aromatic heterocycles. The average molecular weight is 256 g/mol. The van der Waals surface area contributed by atoms with Crippen molar-refractivity contribution in [2.75, 3.05) is 0 Å². The fourth-order valence-electron chi connectivity index (χ4n) is 1.97. The van der Waals surface area contributed by atoms with E-state index in [-0.39, 0.29) is 11.4 Å². The van der Waals surface area contributed by atoms with E-state index in [2.05, 4.69) is 16.4 Å². The molecular formula is C16H20N2O. The van der Waals surface area contributed by atoms with Crippen molar-refractivity contribution in [1.82, 2.24) is 10.3 Å². The van der Waals surface area contributed by atoms with Gasteiger partial charge in [0.1, 0.15) is 0 Å². The molecule has 0 spiro atoms. The zero-order valence-electron chi connectivity index (χ0n) is 11.7. The van der Waals surface area contributed by atoms with E-state index in [1.54, 1.807) is 0 Å². The minimum atomic E-state index is -0.173. The topological polar surface area (TPSA) is 42.0 Å². The zero-order chi connectivity index (χ0) is 13.9. The Balaban J connectivity index is 2.00. The third-order valence-corrected chi connectivity index (χ3v) is 2.78. The highest BCUT2D eigenvalue weighted by atomic mass is 16.1. The number of nitrogens with one attached hydrogen (secondary N) is 1. The molecule has 0 bridgehead atoms. The summed E-state index contributed by atoms with van der Waals surface area (Å²) in [5.74, 6) is 0.0717. The second kappa shape index (κ2) is 5.39. The number of hydrogen-bond donors (Lipinski definition) is 1. The summed E-state index contributed by atoms with van der Waals surface area (Å²) >= 11 is 0. The van der Waals surface area contributed by atoms with Crippen LogP contribution in [0, 0.1) is 0 Å². The monoisotopic (exact) mass is 256 g/mol. The first-order chi connectivity index (χ1) is 8.94. The van der Waals surface area contributed by atoms with Crippen LogP contribution in [0.1, 0.15) is 32.9 Å². The minimum absolute atomic E-state index is 0.0717. The third kappa shape index (κ3) is 4.05. The maximum absolute atomic E-state index is 11.8. The van der Waals surface area contributed by atoms with Gasteiger partial charge in [-0.25, -0.2) is 0 Å². The number of rotatable bonds is 3. The van der Waals surface area contributed by atoms with Crippen LogP contribution in [0.3, 0.4) is 0 Å². The summed E-state index contributed by atoms with van der Waals surface area (Å²) in [4.78, 5) is 16.3. The zero-order valence-corrected chi connectivity index (χ0v) is 11.7. The van der Waals surface area contributed by atoms with Crippen LogP contribution in [0.2, 0.25) is 0 Å². The highest BCUT2D eigenvalue weighted by Gasteiger charge is 2.13. The highest BCUT2D eigenvalue weighted by molar-refractivity contribution is 5.79. The van der Waals surface area contributed by atoms with E-state index >= 15 is 0 Å².